The summed E-state index contributed by atoms with van der Waals surface area (Å²) in [6, 6.07) is 18.3. The second-order valence-electron chi connectivity index (χ2n) is 5.66. The van der Waals surface area contributed by atoms with Crippen molar-refractivity contribution in [1.82, 2.24) is 4.98 Å². The third-order valence-electron chi connectivity index (χ3n) is 4.08. The van der Waals surface area contributed by atoms with Crippen LogP contribution in [0.4, 0.5) is 5.69 Å². The van der Waals surface area contributed by atoms with E-state index in [1.165, 1.54) is 6.21 Å². The van der Waals surface area contributed by atoms with E-state index in [2.05, 4.69) is 9.98 Å². The highest BCUT2D eigenvalue weighted by atomic mass is 35.5. The van der Waals surface area contributed by atoms with E-state index in [1.54, 1.807) is 30.3 Å². The number of fused-ring (bicyclic) bond motifs is 3. The zero-order valence-electron chi connectivity index (χ0n) is 13.0. The van der Waals surface area contributed by atoms with Crippen molar-refractivity contribution in [1.29, 1.82) is 0 Å². The molecule has 0 aliphatic rings. The molecule has 4 rings (SSSR count). The van der Waals surface area contributed by atoms with Crippen molar-refractivity contribution in [2.45, 2.75) is 0 Å². The molecule has 1 heterocycles. The van der Waals surface area contributed by atoms with Crippen molar-refractivity contribution in [2.75, 3.05) is 0 Å². The Kier molecular flexibility index (Phi) is 3.75. The van der Waals surface area contributed by atoms with Crippen LogP contribution in [0.5, 0.6) is 5.75 Å². The number of pyridine rings is 1. The smallest absolute Gasteiger partial charge is 0.261 e. The normalized spacial score (nSPS) is 11.6. The molecule has 4 nitrogen and oxygen atoms in total. The number of nitrogens with zero attached hydrogens (tertiary/aromatic N) is 1. The first kappa shape index (κ1) is 15.4. The minimum absolute atomic E-state index is 0.0757. The van der Waals surface area contributed by atoms with Crippen molar-refractivity contribution in [2.24, 2.45) is 4.99 Å². The number of hydrogen-bond donors (Lipinski definition) is 2. The summed E-state index contributed by atoms with van der Waals surface area (Å²) in [5.74, 6) is -0.0757. The second-order valence-corrected chi connectivity index (χ2v) is 6.10. The highest BCUT2D eigenvalue weighted by Gasteiger charge is 2.12. The van der Waals surface area contributed by atoms with E-state index in [1.807, 2.05) is 30.3 Å². The summed E-state index contributed by atoms with van der Waals surface area (Å²) >= 11 is 5.85. The maximum atomic E-state index is 12.3. The maximum absolute atomic E-state index is 12.3. The number of rotatable bonds is 2. The van der Waals surface area contributed by atoms with Crippen molar-refractivity contribution < 1.29 is 5.11 Å². The minimum atomic E-state index is -0.391. The van der Waals surface area contributed by atoms with Gasteiger partial charge in [-0.05, 0) is 41.1 Å². The lowest BCUT2D eigenvalue weighted by atomic mass is 10.0. The predicted octanol–water partition coefficient (Wildman–Crippen LogP) is 4.79. The summed E-state index contributed by atoms with van der Waals surface area (Å²) in [5.41, 5.74) is 0.961. The average Bonchev–Trinajstić information content (AvgIpc) is 2.62. The van der Waals surface area contributed by atoms with Gasteiger partial charge in [0.05, 0.1) is 11.2 Å². The van der Waals surface area contributed by atoms with Gasteiger partial charge in [0.25, 0.3) is 5.56 Å². The summed E-state index contributed by atoms with van der Waals surface area (Å²) < 4.78 is 0. The Hall–Kier alpha value is -3.11. The van der Waals surface area contributed by atoms with Gasteiger partial charge in [-0.15, -0.1) is 0 Å². The van der Waals surface area contributed by atoms with Crippen LogP contribution in [0.15, 0.2) is 70.5 Å². The number of halogens is 1. The fraction of sp³-hybridized carbons (Fsp3) is 0. The maximum Gasteiger partial charge on any atom is 0.261 e. The monoisotopic (exact) mass is 348 g/mol. The zero-order chi connectivity index (χ0) is 17.4. The fourth-order valence-electron chi connectivity index (χ4n) is 2.85. The number of aromatic nitrogens is 1. The van der Waals surface area contributed by atoms with Crippen LogP contribution < -0.4 is 5.56 Å². The van der Waals surface area contributed by atoms with Gasteiger partial charge < -0.3 is 10.1 Å². The van der Waals surface area contributed by atoms with Crippen LogP contribution in [0.2, 0.25) is 5.02 Å². The molecule has 0 bridgehead atoms. The van der Waals surface area contributed by atoms with E-state index in [4.69, 9.17) is 11.6 Å². The molecule has 0 fully saturated rings. The molecule has 0 aliphatic heterocycles. The summed E-state index contributed by atoms with van der Waals surface area (Å²) in [6.07, 6.45) is 1.37. The summed E-state index contributed by atoms with van der Waals surface area (Å²) in [5, 5.41) is 13.8. The summed E-state index contributed by atoms with van der Waals surface area (Å²) in [4.78, 5) is 19.4. The first-order valence-electron chi connectivity index (χ1n) is 7.70. The fourth-order valence-corrected chi connectivity index (χ4v) is 2.97. The van der Waals surface area contributed by atoms with Gasteiger partial charge in [-0.2, -0.15) is 0 Å². The number of nitrogens with one attached hydrogen (secondary N) is 1. The lowest BCUT2D eigenvalue weighted by molar-refractivity contribution is 0.480. The molecular formula is C20H13ClN2O2. The van der Waals surface area contributed by atoms with Crippen LogP contribution in [0.25, 0.3) is 21.7 Å². The van der Waals surface area contributed by atoms with E-state index in [-0.39, 0.29) is 11.3 Å². The molecule has 0 spiro atoms. The third kappa shape index (κ3) is 2.77. The van der Waals surface area contributed by atoms with Crippen LogP contribution in [0.1, 0.15) is 5.56 Å². The Bertz CT molecular complexity index is 1180. The lowest BCUT2D eigenvalue weighted by Crippen LogP contribution is -2.12. The molecule has 0 atom stereocenters. The van der Waals surface area contributed by atoms with E-state index in [0.29, 0.717) is 21.6 Å². The Morgan fingerprint density at radius 1 is 1.00 bits per heavy atom. The molecule has 2 N–H and O–H groups in total. The average molecular weight is 349 g/mol. The number of hydrogen-bond acceptors (Lipinski definition) is 3. The van der Waals surface area contributed by atoms with Crippen molar-refractivity contribution in [3.8, 4) is 5.75 Å². The second kappa shape index (κ2) is 6.07. The number of aromatic hydroxyl groups is 1. The molecule has 122 valence electrons. The van der Waals surface area contributed by atoms with Crippen LogP contribution in [-0.4, -0.2) is 16.3 Å². The quantitative estimate of drug-likeness (QED) is 0.404. The van der Waals surface area contributed by atoms with Crippen LogP contribution in [0, 0.1) is 0 Å². The Balaban J connectivity index is 1.93. The molecule has 0 aliphatic carbocycles. The topological polar surface area (TPSA) is 65.5 Å². The first-order chi connectivity index (χ1) is 12.1. The van der Waals surface area contributed by atoms with Gasteiger partial charge >= 0.3 is 0 Å². The van der Waals surface area contributed by atoms with E-state index < -0.39 is 5.56 Å². The highest BCUT2D eigenvalue weighted by molar-refractivity contribution is 6.30. The van der Waals surface area contributed by atoms with E-state index >= 15 is 0 Å². The van der Waals surface area contributed by atoms with Gasteiger partial charge in [0, 0.05) is 16.6 Å². The minimum Gasteiger partial charge on any atom is -0.506 e. The Morgan fingerprint density at radius 2 is 1.76 bits per heavy atom. The van der Waals surface area contributed by atoms with Crippen molar-refractivity contribution in [3.63, 3.8) is 0 Å². The van der Waals surface area contributed by atoms with Gasteiger partial charge in [0.15, 0.2) is 0 Å². The summed E-state index contributed by atoms with van der Waals surface area (Å²) in [6.45, 7) is 0. The van der Waals surface area contributed by atoms with Gasteiger partial charge in [-0.1, -0.05) is 41.9 Å². The van der Waals surface area contributed by atoms with E-state index in [0.717, 1.165) is 10.8 Å². The molecule has 3 aromatic carbocycles. The largest absolute Gasteiger partial charge is 0.506 e. The van der Waals surface area contributed by atoms with Gasteiger partial charge in [0.2, 0.25) is 0 Å². The SMILES string of the molecule is O=c1[nH]c2ccc3ccccc3c2c(O)c1C=Nc1ccc(Cl)cc1. The molecule has 4 aromatic rings. The molecule has 1 aromatic heterocycles. The van der Waals surface area contributed by atoms with Crippen LogP contribution in [-0.2, 0) is 0 Å². The number of benzene rings is 3. The number of H-pyrrole nitrogens is 1. The molecular weight excluding hydrogens is 336 g/mol. The lowest BCUT2D eigenvalue weighted by Gasteiger charge is -2.07. The van der Waals surface area contributed by atoms with Gasteiger partial charge in [-0.3, -0.25) is 9.79 Å². The molecule has 0 unspecified atom stereocenters. The first-order valence-corrected chi connectivity index (χ1v) is 8.07. The molecule has 0 amide bonds. The standard InChI is InChI=1S/C20H13ClN2O2/c21-13-6-8-14(9-7-13)22-11-16-19(24)18-15-4-2-1-3-12(15)5-10-17(18)23-20(16)25/h1-11H,(H2,23,24,25). The predicted molar refractivity (Wildman–Crippen MR) is 102 cm³/mol. The number of aromatic amines is 1. The van der Waals surface area contributed by atoms with E-state index in [9.17, 15) is 9.90 Å². The van der Waals surface area contributed by atoms with Gasteiger partial charge in [-0.25, -0.2) is 0 Å². The molecule has 25 heavy (non-hydrogen) atoms. The number of aliphatic imine (C=N–C) groups is 1. The molecule has 0 radical (unpaired) electrons. The van der Waals surface area contributed by atoms with Crippen LogP contribution >= 0.6 is 11.6 Å². The highest BCUT2D eigenvalue weighted by Crippen LogP contribution is 2.31. The third-order valence-corrected chi connectivity index (χ3v) is 4.34. The van der Waals surface area contributed by atoms with Crippen molar-refractivity contribution >= 4 is 45.2 Å². The van der Waals surface area contributed by atoms with Gasteiger partial charge in [0.1, 0.15) is 11.3 Å². The molecule has 5 heteroatoms. The Labute approximate surface area is 148 Å². The molecule has 0 saturated heterocycles. The van der Waals surface area contributed by atoms with Crippen LogP contribution in [0.3, 0.4) is 0 Å². The zero-order valence-corrected chi connectivity index (χ0v) is 13.8. The Morgan fingerprint density at radius 3 is 2.56 bits per heavy atom. The molecule has 0 saturated carbocycles. The summed E-state index contributed by atoms with van der Waals surface area (Å²) in [7, 11) is 0. The van der Waals surface area contributed by atoms with Crippen molar-refractivity contribution in [3.05, 3.63) is 81.6 Å².